The van der Waals surface area contributed by atoms with Crippen molar-refractivity contribution in [2.45, 2.75) is 12.1 Å². The average Bonchev–Trinajstić information content (AvgIpc) is 3.05. The molecule has 1 fully saturated rings. The van der Waals surface area contributed by atoms with E-state index in [4.69, 9.17) is 4.74 Å². The molecule has 2 aromatic heterocycles. The second kappa shape index (κ2) is 7.84. The molecule has 0 aromatic carbocycles. The van der Waals surface area contributed by atoms with E-state index in [-0.39, 0.29) is 18.1 Å². The maximum absolute atomic E-state index is 12.5. The Hall–Kier alpha value is -2.45. The van der Waals surface area contributed by atoms with Crippen LogP contribution >= 0.6 is 0 Å². The minimum absolute atomic E-state index is 0.0470. The van der Waals surface area contributed by atoms with E-state index < -0.39 is 0 Å². The lowest BCUT2D eigenvalue weighted by atomic mass is 10.0. The van der Waals surface area contributed by atoms with Crippen LogP contribution in [0.1, 0.15) is 22.1 Å². The zero-order chi connectivity index (χ0) is 18.7. The number of nitrogens with zero attached hydrogens (tertiary/aromatic N) is 5. The van der Waals surface area contributed by atoms with Gasteiger partial charge in [0.2, 0.25) is 0 Å². The number of nitrogens with one attached hydrogen (secondary N) is 1. The highest BCUT2D eigenvalue weighted by Gasteiger charge is 2.33. The van der Waals surface area contributed by atoms with E-state index in [1.165, 1.54) is 0 Å². The number of ether oxygens (including phenoxy) is 1. The summed E-state index contributed by atoms with van der Waals surface area (Å²) >= 11 is 0. The van der Waals surface area contributed by atoms with Crippen molar-refractivity contribution in [3.8, 4) is 0 Å². The number of morpholine rings is 1. The number of aryl methyl sites for hydroxylation is 1. The SMILES string of the molecule is CN(C)c1ccc(C(=O)NC[C@@H]2OCCN(C)[C@H]2c2cncn2C)cn1. The van der Waals surface area contributed by atoms with Crippen LogP contribution < -0.4 is 10.2 Å². The molecule has 0 bridgehead atoms. The Bertz CT molecular complexity index is 742. The predicted octanol–water partition coefficient (Wildman–Crippen LogP) is 0.683. The fourth-order valence-electron chi connectivity index (χ4n) is 3.18. The summed E-state index contributed by atoms with van der Waals surface area (Å²) in [7, 11) is 7.87. The number of anilines is 1. The quantitative estimate of drug-likeness (QED) is 0.847. The molecule has 1 saturated heterocycles. The van der Waals surface area contributed by atoms with Crippen LogP contribution in [0.15, 0.2) is 30.9 Å². The summed E-state index contributed by atoms with van der Waals surface area (Å²) in [5.74, 6) is 0.665. The molecule has 3 heterocycles. The average molecular weight is 358 g/mol. The smallest absolute Gasteiger partial charge is 0.252 e. The molecule has 8 nitrogen and oxygen atoms in total. The minimum atomic E-state index is -0.150. The molecular weight excluding hydrogens is 332 g/mol. The molecule has 26 heavy (non-hydrogen) atoms. The van der Waals surface area contributed by atoms with E-state index in [0.29, 0.717) is 18.7 Å². The second-order valence-corrected chi connectivity index (χ2v) is 6.77. The van der Waals surface area contributed by atoms with E-state index in [1.807, 2.05) is 42.9 Å². The van der Waals surface area contributed by atoms with Gasteiger partial charge in [0.1, 0.15) is 5.82 Å². The van der Waals surface area contributed by atoms with Crippen LogP contribution in [0.4, 0.5) is 5.82 Å². The molecule has 2 aromatic rings. The largest absolute Gasteiger partial charge is 0.373 e. The maximum Gasteiger partial charge on any atom is 0.252 e. The zero-order valence-corrected chi connectivity index (χ0v) is 15.7. The summed E-state index contributed by atoms with van der Waals surface area (Å²) in [6.45, 7) is 1.91. The van der Waals surface area contributed by atoms with Gasteiger partial charge in [-0.25, -0.2) is 9.97 Å². The van der Waals surface area contributed by atoms with Crippen LogP contribution in [0.25, 0.3) is 0 Å². The Morgan fingerprint density at radius 2 is 2.15 bits per heavy atom. The van der Waals surface area contributed by atoms with Crippen molar-refractivity contribution >= 4 is 11.7 Å². The van der Waals surface area contributed by atoms with E-state index in [1.54, 1.807) is 18.6 Å². The third kappa shape index (κ3) is 3.86. The van der Waals surface area contributed by atoms with Crippen LogP contribution in [-0.4, -0.2) is 72.3 Å². The fraction of sp³-hybridized carbons (Fsp3) is 0.500. The first kappa shape index (κ1) is 18.3. The van der Waals surface area contributed by atoms with Gasteiger partial charge in [-0.2, -0.15) is 0 Å². The summed E-state index contributed by atoms with van der Waals surface area (Å²) in [6.07, 6.45) is 5.10. The van der Waals surface area contributed by atoms with Crippen molar-refractivity contribution < 1.29 is 9.53 Å². The molecule has 0 radical (unpaired) electrons. The van der Waals surface area contributed by atoms with Crippen molar-refractivity contribution in [1.82, 2.24) is 24.8 Å². The number of rotatable bonds is 5. The van der Waals surface area contributed by atoms with Crippen LogP contribution in [0.2, 0.25) is 0 Å². The number of carbonyl (C=O) groups is 1. The molecule has 3 rings (SSSR count). The number of pyridine rings is 1. The zero-order valence-electron chi connectivity index (χ0n) is 15.7. The monoisotopic (exact) mass is 358 g/mol. The molecule has 1 N–H and O–H groups in total. The highest BCUT2D eigenvalue weighted by molar-refractivity contribution is 5.94. The van der Waals surface area contributed by atoms with Crippen LogP contribution in [0.3, 0.4) is 0 Å². The van der Waals surface area contributed by atoms with Gasteiger partial charge in [-0.15, -0.1) is 0 Å². The Morgan fingerprint density at radius 1 is 1.35 bits per heavy atom. The molecule has 0 aliphatic carbocycles. The Morgan fingerprint density at radius 3 is 2.77 bits per heavy atom. The van der Waals surface area contributed by atoms with E-state index in [0.717, 1.165) is 18.1 Å². The lowest BCUT2D eigenvalue weighted by molar-refractivity contribution is -0.0626. The number of likely N-dealkylation sites (N-methyl/N-ethyl adjacent to an activating group) is 1. The van der Waals surface area contributed by atoms with Gasteiger partial charge in [0.25, 0.3) is 5.91 Å². The Kier molecular flexibility index (Phi) is 5.53. The number of aromatic nitrogens is 3. The Labute approximate surface area is 153 Å². The molecule has 1 aliphatic rings. The van der Waals surface area contributed by atoms with Gasteiger partial charge in [-0.3, -0.25) is 9.69 Å². The molecule has 8 heteroatoms. The number of hydrogen-bond acceptors (Lipinski definition) is 6. The molecule has 1 aliphatic heterocycles. The molecule has 2 atom stereocenters. The van der Waals surface area contributed by atoms with Gasteiger partial charge in [0.05, 0.1) is 36.3 Å². The number of amides is 1. The van der Waals surface area contributed by atoms with E-state index in [9.17, 15) is 4.79 Å². The molecule has 140 valence electrons. The van der Waals surface area contributed by atoms with E-state index >= 15 is 0 Å². The van der Waals surface area contributed by atoms with Crippen LogP contribution in [0.5, 0.6) is 0 Å². The van der Waals surface area contributed by atoms with Gasteiger partial charge >= 0.3 is 0 Å². The van der Waals surface area contributed by atoms with Crippen molar-refractivity contribution in [2.75, 3.05) is 45.7 Å². The maximum atomic E-state index is 12.5. The molecule has 0 unspecified atom stereocenters. The van der Waals surface area contributed by atoms with Crippen molar-refractivity contribution in [3.63, 3.8) is 0 Å². The summed E-state index contributed by atoms with van der Waals surface area (Å²) < 4.78 is 7.95. The van der Waals surface area contributed by atoms with Crippen molar-refractivity contribution in [2.24, 2.45) is 7.05 Å². The number of carbonyl (C=O) groups excluding carboxylic acids is 1. The van der Waals surface area contributed by atoms with Gasteiger partial charge in [-0.05, 0) is 19.2 Å². The van der Waals surface area contributed by atoms with Gasteiger partial charge in [0, 0.05) is 46.6 Å². The summed E-state index contributed by atoms with van der Waals surface area (Å²) in [6, 6.07) is 3.66. The van der Waals surface area contributed by atoms with Crippen LogP contribution in [-0.2, 0) is 11.8 Å². The number of hydrogen-bond donors (Lipinski definition) is 1. The summed E-state index contributed by atoms with van der Waals surface area (Å²) in [5, 5.41) is 2.98. The molecule has 0 saturated carbocycles. The van der Waals surface area contributed by atoms with Crippen LogP contribution in [0, 0.1) is 0 Å². The lowest BCUT2D eigenvalue weighted by Crippen LogP contribution is -2.48. The van der Waals surface area contributed by atoms with Gasteiger partial charge < -0.3 is 19.5 Å². The van der Waals surface area contributed by atoms with Crippen molar-refractivity contribution in [3.05, 3.63) is 42.1 Å². The molecule has 1 amide bonds. The predicted molar refractivity (Wildman–Crippen MR) is 99.2 cm³/mol. The second-order valence-electron chi connectivity index (χ2n) is 6.77. The number of imidazole rings is 1. The highest BCUT2D eigenvalue weighted by atomic mass is 16.5. The Balaban J connectivity index is 1.67. The highest BCUT2D eigenvalue weighted by Crippen LogP contribution is 2.27. The topological polar surface area (TPSA) is 75.5 Å². The first-order valence-corrected chi connectivity index (χ1v) is 8.67. The standard InChI is InChI=1S/C18H26N6O2/c1-22(2)16-6-5-13(9-20-16)18(25)21-11-15-17(23(3)7-8-26-15)14-10-19-12-24(14)4/h5-6,9-10,12,15,17H,7-8,11H2,1-4H3,(H,21,25)/t15-,17-/m0/s1. The lowest BCUT2D eigenvalue weighted by Gasteiger charge is -2.39. The van der Waals surface area contributed by atoms with Gasteiger partial charge in [-0.1, -0.05) is 0 Å². The summed E-state index contributed by atoms with van der Waals surface area (Å²) in [5.41, 5.74) is 1.61. The third-order valence-corrected chi connectivity index (χ3v) is 4.69. The normalized spacial score (nSPS) is 20.8. The first-order valence-electron chi connectivity index (χ1n) is 8.67. The van der Waals surface area contributed by atoms with Gasteiger partial charge in [0.15, 0.2) is 0 Å². The minimum Gasteiger partial charge on any atom is -0.373 e. The third-order valence-electron chi connectivity index (χ3n) is 4.69. The first-order chi connectivity index (χ1) is 12.5. The fourth-order valence-corrected chi connectivity index (χ4v) is 3.18. The van der Waals surface area contributed by atoms with Crippen molar-refractivity contribution in [1.29, 1.82) is 0 Å². The summed E-state index contributed by atoms with van der Waals surface area (Å²) in [4.78, 5) is 25.1. The molecule has 0 spiro atoms. The molecular formula is C18H26N6O2. The van der Waals surface area contributed by atoms with E-state index in [2.05, 4.69) is 27.2 Å².